The van der Waals surface area contributed by atoms with Crippen molar-refractivity contribution in [3.8, 4) is 0 Å². The van der Waals surface area contributed by atoms with Gasteiger partial charge < -0.3 is 19.6 Å². The second-order valence-electron chi connectivity index (χ2n) is 7.20. The molecule has 0 bridgehead atoms. The summed E-state index contributed by atoms with van der Waals surface area (Å²) < 4.78 is 19.3. The van der Waals surface area contributed by atoms with Crippen LogP contribution in [0.5, 0.6) is 0 Å². The minimum absolute atomic E-state index is 0.167. The number of piperazine rings is 1. The van der Waals surface area contributed by atoms with Gasteiger partial charge in [0.05, 0.1) is 5.69 Å². The molecule has 0 radical (unpaired) electrons. The fourth-order valence-corrected chi connectivity index (χ4v) is 3.24. The zero-order valence-corrected chi connectivity index (χ0v) is 16.9. The zero-order valence-electron chi connectivity index (χ0n) is 16.9. The number of rotatable bonds is 6. The summed E-state index contributed by atoms with van der Waals surface area (Å²) in [7, 11) is 1.79. The van der Waals surface area contributed by atoms with Gasteiger partial charge in [0.2, 0.25) is 5.89 Å². The average molecular weight is 388 g/mol. The largest absolute Gasteiger partial charge is 0.366 e. The van der Waals surface area contributed by atoms with Crippen LogP contribution < -0.4 is 10.2 Å². The van der Waals surface area contributed by atoms with Crippen LogP contribution in [0.15, 0.2) is 33.8 Å². The molecule has 1 aromatic heterocycles. The summed E-state index contributed by atoms with van der Waals surface area (Å²) >= 11 is 0. The van der Waals surface area contributed by atoms with Crippen LogP contribution in [0.1, 0.15) is 37.9 Å². The Morgan fingerprint density at radius 3 is 2.64 bits per heavy atom. The van der Waals surface area contributed by atoms with Crippen molar-refractivity contribution in [2.24, 2.45) is 4.99 Å². The number of aromatic nitrogens is 2. The molecule has 1 fully saturated rings. The predicted octanol–water partition coefficient (Wildman–Crippen LogP) is 2.66. The van der Waals surface area contributed by atoms with Crippen molar-refractivity contribution < 1.29 is 8.91 Å². The molecule has 8 heteroatoms. The minimum atomic E-state index is -0.167. The number of aryl methyl sites for hydroxylation is 1. The summed E-state index contributed by atoms with van der Waals surface area (Å²) in [5.74, 6) is 2.42. The third-order valence-corrected chi connectivity index (χ3v) is 4.83. The lowest BCUT2D eigenvalue weighted by Gasteiger charge is -2.37. The Hall–Kier alpha value is -2.64. The monoisotopic (exact) mass is 388 g/mol. The van der Waals surface area contributed by atoms with Gasteiger partial charge in [-0.25, -0.2) is 4.39 Å². The molecule has 0 saturated carbocycles. The summed E-state index contributed by atoms with van der Waals surface area (Å²) in [6.45, 7) is 8.01. The molecular formula is C20H29FN6O. The number of nitrogens with zero attached hydrogens (tertiary/aromatic N) is 5. The molecule has 1 aliphatic heterocycles. The van der Waals surface area contributed by atoms with Crippen LogP contribution in [-0.2, 0) is 6.42 Å². The number of aliphatic imine (C=N–C) groups is 1. The van der Waals surface area contributed by atoms with Crippen LogP contribution in [-0.4, -0.2) is 60.8 Å². The standard InChI is InChI=1S/C20H29FN6O/c1-15(2)19-24-18(28-25-19)9-6-10-23-20(22-3)27-13-11-26(12-14-27)17-8-5-4-7-16(17)21/h4-5,7-8,15H,6,9-14H2,1-3H3,(H,22,23). The first-order valence-electron chi connectivity index (χ1n) is 9.86. The van der Waals surface area contributed by atoms with E-state index in [9.17, 15) is 4.39 Å². The first-order chi connectivity index (χ1) is 13.6. The van der Waals surface area contributed by atoms with Crippen LogP contribution in [0.2, 0.25) is 0 Å². The number of benzene rings is 1. The van der Waals surface area contributed by atoms with Crippen molar-refractivity contribution in [3.05, 3.63) is 41.8 Å². The van der Waals surface area contributed by atoms with Crippen LogP contribution in [0, 0.1) is 5.82 Å². The van der Waals surface area contributed by atoms with Crippen molar-refractivity contribution in [2.75, 3.05) is 44.7 Å². The summed E-state index contributed by atoms with van der Waals surface area (Å²) in [6.07, 6.45) is 1.62. The Morgan fingerprint density at radius 1 is 1.25 bits per heavy atom. The highest BCUT2D eigenvalue weighted by Gasteiger charge is 2.21. The van der Waals surface area contributed by atoms with E-state index in [0.717, 1.165) is 57.3 Å². The molecule has 0 aliphatic carbocycles. The number of para-hydroxylation sites is 1. The van der Waals surface area contributed by atoms with Gasteiger partial charge in [-0.3, -0.25) is 4.99 Å². The lowest BCUT2D eigenvalue weighted by molar-refractivity contribution is 0.363. The molecule has 7 nitrogen and oxygen atoms in total. The van der Waals surface area contributed by atoms with E-state index in [2.05, 4.69) is 30.2 Å². The van der Waals surface area contributed by atoms with E-state index in [0.29, 0.717) is 11.6 Å². The average Bonchev–Trinajstić information content (AvgIpc) is 3.18. The number of anilines is 1. The molecule has 0 unspecified atom stereocenters. The molecule has 0 spiro atoms. The van der Waals surface area contributed by atoms with Crippen LogP contribution in [0.25, 0.3) is 0 Å². The fraction of sp³-hybridized carbons (Fsp3) is 0.550. The minimum Gasteiger partial charge on any atom is -0.366 e. The summed E-state index contributed by atoms with van der Waals surface area (Å²) in [5, 5.41) is 7.39. The van der Waals surface area contributed by atoms with Gasteiger partial charge in [0.25, 0.3) is 0 Å². The van der Waals surface area contributed by atoms with Gasteiger partial charge in [0.15, 0.2) is 11.8 Å². The number of guanidine groups is 1. The molecule has 1 saturated heterocycles. The molecule has 1 aliphatic rings. The second kappa shape index (κ2) is 9.52. The van der Waals surface area contributed by atoms with Gasteiger partial charge in [-0.15, -0.1) is 0 Å². The van der Waals surface area contributed by atoms with Gasteiger partial charge in [0.1, 0.15) is 5.82 Å². The number of nitrogens with one attached hydrogen (secondary N) is 1. The molecule has 2 heterocycles. The van der Waals surface area contributed by atoms with Crippen LogP contribution in [0.4, 0.5) is 10.1 Å². The highest BCUT2D eigenvalue weighted by atomic mass is 19.1. The predicted molar refractivity (Wildman–Crippen MR) is 108 cm³/mol. The Kier molecular flexibility index (Phi) is 6.84. The van der Waals surface area contributed by atoms with Crippen LogP contribution >= 0.6 is 0 Å². The Balaban J connectivity index is 1.42. The van der Waals surface area contributed by atoms with E-state index >= 15 is 0 Å². The highest BCUT2D eigenvalue weighted by molar-refractivity contribution is 5.80. The van der Waals surface area contributed by atoms with Gasteiger partial charge in [-0.2, -0.15) is 4.98 Å². The number of halogens is 1. The maximum absolute atomic E-state index is 14.0. The van der Waals surface area contributed by atoms with Crippen LogP contribution in [0.3, 0.4) is 0 Å². The summed E-state index contributed by atoms with van der Waals surface area (Å²) in [6, 6.07) is 6.94. The first-order valence-corrected chi connectivity index (χ1v) is 9.86. The molecule has 1 aromatic carbocycles. The van der Waals surface area contributed by atoms with Crippen molar-refractivity contribution >= 4 is 11.6 Å². The van der Waals surface area contributed by atoms with E-state index in [-0.39, 0.29) is 11.7 Å². The smallest absolute Gasteiger partial charge is 0.226 e. The van der Waals surface area contributed by atoms with Crippen molar-refractivity contribution in [1.82, 2.24) is 20.4 Å². The molecule has 1 N–H and O–H groups in total. The van der Waals surface area contributed by atoms with E-state index in [1.54, 1.807) is 13.1 Å². The van der Waals surface area contributed by atoms with Crippen molar-refractivity contribution in [2.45, 2.75) is 32.6 Å². The Labute approximate surface area is 165 Å². The van der Waals surface area contributed by atoms with Gasteiger partial charge in [-0.05, 0) is 18.6 Å². The third-order valence-electron chi connectivity index (χ3n) is 4.83. The Bertz CT molecular complexity index is 783. The molecular weight excluding hydrogens is 359 g/mol. The fourth-order valence-electron chi connectivity index (χ4n) is 3.24. The quantitative estimate of drug-likeness (QED) is 0.466. The summed E-state index contributed by atoms with van der Waals surface area (Å²) in [5.41, 5.74) is 0.672. The van der Waals surface area contributed by atoms with Crippen molar-refractivity contribution in [3.63, 3.8) is 0 Å². The molecule has 2 aromatic rings. The normalized spacial score (nSPS) is 15.4. The lowest BCUT2D eigenvalue weighted by Crippen LogP contribution is -2.52. The molecule has 152 valence electrons. The van der Waals surface area contributed by atoms with E-state index < -0.39 is 0 Å². The van der Waals surface area contributed by atoms with Gasteiger partial charge in [0, 0.05) is 52.1 Å². The second-order valence-corrected chi connectivity index (χ2v) is 7.20. The Morgan fingerprint density at radius 2 is 2.00 bits per heavy atom. The lowest BCUT2D eigenvalue weighted by atomic mass is 10.2. The number of hydrogen-bond acceptors (Lipinski definition) is 5. The maximum Gasteiger partial charge on any atom is 0.226 e. The third kappa shape index (κ3) is 4.99. The van der Waals surface area contributed by atoms with E-state index in [4.69, 9.17) is 4.52 Å². The molecule has 28 heavy (non-hydrogen) atoms. The summed E-state index contributed by atoms with van der Waals surface area (Å²) in [4.78, 5) is 13.1. The van der Waals surface area contributed by atoms with Crippen molar-refractivity contribution in [1.29, 1.82) is 0 Å². The molecule has 0 amide bonds. The van der Waals surface area contributed by atoms with Gasteiger partial charge >= 0.3 is 0 Å². The van der Waals surface area contributed by atoms with Gasteiger partial charge in [-0.1, -0.05) is 31.1 Å². The topological polar surface area (TPSA) is 69.8 Å². The van der Waals surface area contributed by atoms with E-state index in [1.807, 2.05) is 26.0 Å². The maximum atomic E-state index is 14.0. The SMILES string of the molecule is CN=C(NCCCc1nc(C(C)C)no1)N1CCN(c2ccccc2F)CC1. The first kappa shape index (κ1) is 20.1. The zero-order chi connectivity index (χ0) is 19.9. The molecule has 3 rings (SSSR count). The van der Waals surface area contributed by atoms with E-state index in [1.165, 1.54) is 6.07 Å². The molecule has 0 atom stereocenters. The highest BCUT2D eigenvalue weighted by Crippen LogP contribution is 2.20. The number of hydrogen-bond donors (Lipinski definition) is 1.